The molecule has 1 aliphatic rings. The second-order valence-corrected chi connectivity index (χ2v) is 37.6. The molecule has 3 amide bonds. The number of rotatable bonds is 14. The third-order valence-electron chi connectivity index (χ3n) is 14.1. The summed E-state index contributed by atoms with van der Waals surface area (Å²) in [5, 5.41) is 0. The zero-order valence-electron chi connectivity index (χ0n) is 76.0. The number of nitrogens with zero attached hydrogens (tertiary/aromatic N) is 10. The predicted octanol–water partition coefficient (Wildman–Crippen LogP) is 16.8. The maximum absolute atomic E-state index is 12.4. The van der Waals surface area contributed by atoms with Gasteiger partial charge in [0.25, 0.3) is 4.80 Å². The number of ether oxygens (including phenoxy) is 7. The minimum atomic E-state index is -5.35. The first-order valence-electron chi connectivity index (χ1n) is 37.8. The van der Waals surface area contributed by atoms with Crippen molar-refractivity contribution in [2.75, 3.05) is 46.7 Å². The van der Waals surface area contributed by atoms with Crippen LogP contribution in [0.2, 0.25) is 0 Å². The van der Waals surface area contributed by atoms with E-state index in [2.05, 4.69) is 108 Å². The molecule has 7 aromatic rings. The summed E-state index contributed by atoms with van der Waals surface area (Å²) in [4.78, 5) is 125. The van der Waals surface area contributed by atoms with E-state index in [0.717, 1.165) is 25.8 Å². The van der Waals surface area contributed by atoms with Gasteiger partial charge in [-0.2, -0.15) is 21.6 Å². The molecule has 690 valence electrons. The molecule has 7 aromatic heterocycles. The Hall–Kier alpha value is -8.51. The second kappa shape index (κ2) is 52.1. The molecule has 1 aliphatic heterocycles. The Labute approximate surface area is 775 Å². The Balaban J connectivity index is 0. The molecule has 0 aromatic carbocycles. The molecule has 0 spiro atoms. The molecular weight excluding hydrogens is 1920 g/mol. The molecule has 3 N–H and O–H groups in total. The first-order chi connectivity index (χ1) is 56.1. The number of anilines is 4. The Bertz CT molecular complexity index is 4670. The summed E-state index contributed by atoms with van der Waals surface area (Å²) in [5.41, 5.74) is -1.57. The molecule has 0 atom stereocenters. The molecule has 34 nitrogen and oxygen atoms in total. The van der Waals surface area contributed by atoms with Gasteiger partial charge in [0.05, 0.1) is 29.9 Å². The fourth-order valence-corrected chi connectivity index (χ4v) is 10.1. The molecule has 0 saturated carbocycles. The zero-order chi connectivity index (χ0) is 95.0. The Morgan fingerprint density at radius 2 is 0.848 bits per heavy atom. The summed E-state index contributed by atoms with van der Waals surface area (Å²) in [6.45, 7) is 50.5. The average Bonchev–Trinajstić information content (AvgIpc) is 1.62. The van der Waals surface area contributed by atoms with Crippen molar-refractivity contribution in [1.29, 1.82) is 0 Å². The molecule has 8 rings (SSSR count). The minimum Gasteiger partial charge on any atom is -0.870 e. The number of pyridine rings is 5. The van der Waals surface area contributed by atoms with E-state index < -0.39 is 98.7 Å². The van der Waals surface area contributed by atoms with Crippen molar-refractivity contribution in [3.05, 3.63) is 139 Å². The Kier molecular flexibility index (Phi) is 49.4. The van der Waals surface area contributed by atoms with Gasteiger partial charge in [0.1, 0.15) is 80.8 Å². The third kappa shape index (κ3) is 48.3. The number of amides is 3. The summed E-state index contributed by atoms with van der Waals surface area (Å²) in [6.07, 6.45) is 7.58. The van der Waals surface area contributed by atoms with Crippen molar-refractivity contribution < 1.29 is 140 Å². The van der Waals surface area contributed by atoms with Crippen molar-refractivity contribution in [2.24, 2.45) is 0 Å². The van der Waals surface area contributed by atoms with Crippen molar-refractivity contribution in [3.63, 3.8) is 0 Å². The van der Waals surface area contributed by atoms with Crippen LogP contribution in [0.1, 0.15) is 221 Å². The van der Waals surface area contributed by atoms with E-state index in [1.165, 1.54) is 41.1 Å². The van der Waals surface area contributed by atoms with E-state index in [-0.39, 0.29) is 60.1 Å². The van der Waals surface area contributed by atoms with Crippen molar-refractivity contribution in [1.82, 2.24) is 34.9 Å². The van der Waals surface area contributed by atoms with Crippen LogP contribution in [0.3, 0.4) is 0 Å². The molecule has 125 heavy (non-hydrogen) atoms. The standard InChI is InChI=1S/C18H29BN2O4.C17H21N3O4.C12H17BrN2O2.C11H14BrNO2.C10H18O5.C5H5BrN2.C5H4BrNO2.C3H5F3O3S.Li.H2O/c1-9-21(15(22)23-16(2,3)4)14-12-13(10-11-20-14)19-24-17(5,6)18(7,8)25-19;1-6-20(16(22)24-17(3,4)5)14-9-12(7-8-18-14)15-19-13(10-23-15)11(2)21;1-5-15(11(16)17-12(2,3)4)10-8-9(13)6-7-14-10;1-11(2,3)15-10(14)7-9-6-8(12)4-5-13-9;1-9(2,3)14-7(11)13-8(12)15-10(4,5)6;6-4-1-2-8-5(7)3-4;1-3(8)4-2-9-5(6)7-4;1-2-9-10(7,8)3(4,5)6;;/h10-12H,9H2,1-8H3;7-10H,6H2,1-5H3;6-8H,5H2,1-4H3;4-6H,7H2,1-3H3;1-6H3;1-3H,(H2,7,8);2H,1H3;2H2,1H3;;1H2/q;;;;;;;;+1;/p-1. The quantitative estimate of drug-likeness (QED) is 0.0201. The molecule has 1 fully saturated rings. The average molecular weight is 2040 g/mol. The molecule has 8 heterocycles. The molecular formula is C81H114BBr4F3LiN11O23S. The number of halogens is 7. The molecule has 0 unspecified atom stereocenters. The number of hydrogen-bond donors (Lipinski definition) is 1. The van der Waals surface area contributed by atoms with Crippen LogP contribution < -0.4 is 44.8 Å². The van der Waals surface area contributed by atoms with E-state index in [4.69, 9.17) is 52.3 Å². The topological polar surface area (TPSA) is 445 Å². The number of oxazole rings is 2. The number of aromatic nitrogens is 7. The summed E-state index contributed by atoms with van der Waals surface area (Å²) in [5.74, 6) is 1.83. The number of Topliss-reactive ketones (excluding diaryl/α,β-unsaturated/α-hetero) is 2. The smallest absolute Gasteiger partial charge is 0.870 e. The van der Waals surface area contributed by atoms with Gasteiger partial charge in [-0.05, 0) is 246 Å². The van der Waals surface area contributed by atoms with Crippen molar-refractivity contribution in [3.8, 4) is 11.5 Å². The summed E-state index contributed by atoms with van der Waals surface area (Å²) in [7, 11) is -5.84. The number of esters is 1. The number of alkyl halides is 3. The van der Waals surface area contributed by atoms with Crippen molar-refractivity contribution in [2.45, 2.75) is 251 Å². The van der Waals surface area contributed by atoms with Crippen LogP contribution in [0.4, 0.5) is 60.4 Å². The first-order valence-corrected chi connectivity index (χ1v) is 42.4. The number of carbonyl (C=O) groups is 8. The van der Waals surface area contributed by atoms with Gasteiger partial charge in [0.2, 0.25) is 5.89 Å². The van der Waals surface area contributed by atoms with E-state index in [1.807, 2.05) is 147 Å². The minimum absolute atomic E-state index is 0. The molecule has 0 bridgehead atoms. The second-order valence-electron chi connectivity index (χ2n) is 32.5. The number of nitrogens with two attached hydrogens (primary N) is 1. The van der Waals surface area contributed by atoms with Gasteiger partial charge in [-0.25, -0.2) is 53.9 Å². The zero-order valence-corrected chi connectivity index (χ0v) is 83.1. The Morgan fingerprint density at radius 3 is 1.17 bits per heavy atom. The van der Waals surface area contributed by atoms with Gasteiger partial charge >= 0.3 is 78.2 Å². The number of carbonyl (C=O) groups excluding carboxylic acids is 8. The van der Waals surface area contributed by atoms with E-state index >= 15 is 0 Å². The molecule has 0 aliphatic carbocycles. The molecule has 44 heteroatoms. The maximum atomic E-state index is 12.4. The van der Waals surface area contributed by atoms with Crippen LogP contribution in [0.15, 0.2) is 131 Å². The van der Waals surface area contributed by atoms with Crippen LogP contribution in [0.25, 0.3) is 11.5 Å². The van der Waals surface area contributed by atoms with E-state index in [0.29, 0.717) is 70.5 Å². The van der Waals surface area contributed by atoms with Crippen LogP contribution in [-0.4, -0.2) is 181 Å². The third-order valence-corrected chi connectivity index (χ3v) is 17.0. The van der Waals surface area contributed by atoms with Gasteiger partial charge < -0.3 is 62.5 Å². The van der Waals surface area contributed by atoms with Gasteiger partial charge in [-0.3, -0.25) is 38.3 Å². The summed E-state index contributed by atoms with van der Waals surface area (Å²) in [6, 6.07) is 17.8. The monoisotopic (exact) mass is 2030 g/mol. The van der Waals surface area contributed by atoms with Gasteiger partial charge in [0, 0.05) is 99.4 Å². The van der Waals surface area contributed by atoms with Crippen LogP contribution in [0, 0.1) is 0 Å². The normalized spacial score (nSPS) is 12.6. The van der Waals surface area contributed by atoms with Crippen LogP contribution in [0.5, 0.6) is 0 Å². The van der Waals surface area contributed by atoms with Gasteiger partial charge in [-0.15, -0.1) is 0 Å². The van der Waals surface area contributed by atoms with E-state index in [1.54, 1.807) is 118 Å². The maximum Gasteiger partial charge on any atom is 1.00 e. The first kappa shape index (κ1) is 119. The number of nitrogen functional groups attached to an aromatic ring is 1. The summed E-state index contributed by atoms with van der Waals surface area (Å²) >= 11 is 12.9. The van der Waals surface area contributed by atoms with Crippen LogP contribution in [-0.2, 0) is 68.0 Å². The Morgan fingerprint density at radius 1 is 0.488 bits per heavy atom. The van der Waals surface area contributed by atoms with E-state index in [9.17, 15) is 59.9 Å². The predicted molar refractivity (Wildman–Crippen MR) is 474 cm³/mol. The molecule has 0 radical (unpaired) electrons. The van der Waals surface area contributed by atoms with Crippen molar-refractivity contribution >= 4 is 158 Å². The molecule has 1 saturated heterocycles. The van der Waals surface area contributed by atoms with Gasteiger partial charge in [-0.1, -0.05) is 47.8 Å². The van der Waals surface area contributed by atoms with Crippen LogP contribution >= 0.6 is 63.7 Å². The largest absolute Gasteiger partial charge is 1.00 e. The number of ketones is 2. The van der Waals surface area contributed by atoms with Gasteiger partial charge in [0.15, 0.2) is 11.6 Å². The fraction of sp³-hybridized carbons (Fsp3) is 0.519. The number of hydrogen-bond acceptors (Lipinski definition) is 31. The SMILES string of the molecule is CC(=O)c1coc(Br)n1.CC(C)(C)OC(=O)Cc1cc(Br)ccn1.CC(C)(C)OC(=O)OC(=O)OC(C)(C)C.CCN(C(=O)OC(C)(C)C)c1cc(-c2nc(C(C)=O)co2)ccn1.CCN(C(=O)OC(C)(C)C)c1cc(B2OC(C)(C)C(C)(C)O2)ccn1.CCN(C(=O)OC(C)(C)C)c1cc(Br)ccn1.CCOS(=O)(=O)C(F)(F)F.Nc1cc(Br)ccn1.[Li+].[OH-]. The fourth-order valence-electron chi connectivity index (χ4n) is 8.36. The summed E-state index contributed by atoms with van der Waals surface area (Å²) < 4.78 is 117.